The lowest BCUT2D eigenvalue weighted by atomic mass is 10.1. The Bertz CT molecular complexity index is 459. The van der Waals surface area contributed by atoms with Crippen LogP contribution < -0.4 is 0 Å². The molecule has 0 aliphatic carbocycles. The fourth-order valence-electron chi connectivity index (χ4n) is 2.23. The van der Waals surface area contributed by atoms with Crippen LogP contribution in [0.25, 0.3) is 0 Å². The number of aromatic nitrogens is 1. The van der Waals surface area contributed by atoms with Gasteiger partial charge >= 0.3 is 0 Å². The maximum atomic E-state index is 12.5. The summed E-state index contributed by atoms with van der Waals surface area (Å²) < 4.78 is 15.4. The van der Waals surface area contributed by atoms with Gasteiger partial charge < -0.3 is 0 Å². The van der Waals surface area contributed by atoms with Gasteiger partial charge in [-0.05, 0) is 61.2 Å². The van der Waals surface area contributed by atoms with Crippen molar-refractivity contribution in [2.24, 2.45) is 0 Å². The molecule has 5 heteroatoms. The Morgan fingerprint density at radius 1 is 1.44 bits per heavy atom. The van der Waals surface area contributed by atoms with E-state index in [9.17, 15) is 4.21 Å². The van der Waals surface area contributed by atoms with Gasteiger partial charge in [0.15, 0.2) is 0 Å². The zero-order valence-electron chi connectivity index (χ0n) is 11.0. The van der Waals surface area contributed by atoms with Crippen molar-refractivity contribution in [3.8, 4) is 0 Å². The number of nitrogens with zero attached hydrogens (tertiary/aromatic N) is 2. The van der Waals surface area contributed by atoms with Gasteiger partial charge in [0, 0.05) is 29.5 Å². The van der Waals surface area contributed by atoms with E-state index in [0.717, 1.165) is 29.4 Å². The molecule has 1 saturated heterocycles. The maximum Gasteiger partial charge on any atom is 0.100 e. The van der Waals surface area contributed by atoms with Crippen LogP contribution in [0.1, 0.15) is 45.2 Å². The van der Waals surface area contributed by atoms with Gasteiger partial charge in [-0.2, -0.15) is 0 Å². The van der Waals surface area contributed by atoms with Crippen molar-refractivity contribution in [3.63, 3.8) is 0 Å². The first-order valence-corrected chi connectivity index (χ1v) is 8.08. The number of hydrogen-bond acceptors (Lipinski definition) is 2. The van der Waals surface area contributed by atoms with E-state index in [4.69, 9.17) is 0 Å². The molecule has 1 aromatic rings. The van der Waals surface area contributed by atoms with Crippen molar-refractivity contribution in [3.05, 3.63) is 28.5 Å². The number of rotatable bonds is 2. The van der Waals surface area contributed by atoms with E-state index < -0.39 is 11.0 Å². The monoisotopic (exact) mass is 330 g/mol. The molecule has 0 unspecified atom stereocenters. The second-order valence-electron chi connectivity index (χ2n) is 5.60. The van der Waals surface area contributed by atoms with Gasteiger partial charge in [0.1, 0.15) is 11.0 Å². The normalized spacial score (nSPS) is 23.2. The quantitative estimate of drug-likeness (QED) is 0.832. The van der Waals surface area contributed by atoms with Crippen LogP contribution in [0, 0.1) is 0 Å². The van der Waals surface area contributed by atoms with Crippen molar-refractivity contribution in [1.82, 2.24) is 9.29 Å². The Kier molecular flexibility index (Phi) is 4.24. The first-order valence-electron chi connectivity index (χ1n) is 6.18. The minimum absolute atomic E-state index is 0.206. The van der Waals surface area contributed by atoms with Crippen LogP contribution in [-0.2, 0) is 11.0 Å². The van der Waals surface area contributed by atoms with E-state index in [-0.39, 0.29) is 10.8 Å². The van der Waals surface area contributed by atoms with E-state index >= 15 is 0 Å². The summed E-state index contributed by atoms with van der Waals surface area (Å²) in [6.45, 7) is 6.98. The molecule has 0 radical (unpaired) electrons. The van der Waals surface area contributed by atoms with Gasteiger partial charge in [-0.15, -0.1) is 0 Å². The number of hydrogen-bond donors (Lipinski definition) is 0. The van der Waals surface area contributed by atoms with Crippen LogP contribution in [0.3, 0.4) is 0 Å². The molecule has 0 amide bonds. The van der Waals surface area contributed by atoms with Crippen molar-refractivity contribution in [2.75, 3.05) is 6.54 Å². The lowest BCUT2D eigenvalue weighted by Crippen LogP contribution is -2.37. The molecule has 1 aromatic heterocycles. The predicted octanol–water partition coefficient (Wildman–Crippen LogP) is 3.44. The summed E-state index contributed by atoms with van der Waals surface area (Å²) in [6.07, 6.45) is 5.82. The van der Waals surface area contributed by atoms with Crippen LogP contribution in [0.15, 0.2) is 22.9 Å². The smallest absolute Gasteiger partial charge is 0.100 e. The fourth-order valence-corrected chi connectivity index (χ4v) is 4.07. The molecule has 0 bridgehead atoms. The molecule has 2 atom stereocenters. The fraction of sp³-hybridized carbons (Fsp3) is 0.615. The highest BCUT2D eigenvalue weighted by molar-refractivity contribution is 9.10. The Balaban J connectivity index is 2.25. The van der Waals surface area contributed by atoms with Crippen LogP contribution in [0.4, 0.5) is 0 Å². The van der Waals surface area contributed by atoms with E-state index in [1.165, 1.54) is 0 Å². The Labute approximate surface area is 120 Å². The van der Waals surface area contributed by atoms with Crippen LogP contribution in [-0.4, -0.2) is 24.8 Å². The van der Waals surface area contributed by atoms with Gasteiger partial charge in [-0.25, -0.2) is 8.51 Å². The largest absolute Gasteiger partial charge is 0.263 e. The average molecular weight is 331 g/mol. The highest BCUT2D eigenvalue weighted by Gasteiger charge is 2.35. The Morgan fingerprint density at radius 3 is 2.78 bits per heavy atom. The van der Waals surface area contributed by atoms with Crippen LogP contribution in [0.5, 0.6) is 0 Å². The van der Waals surface area contributed by atoms with Gasteiger partial charge in [0.2, 0.25) is 0 Å². The van der Waals surface area contributed by atoms with Crippen LogP contribution in [0.2, 0.25) is 0 Å². The minimum Gasteiger partial charge on any atom is -0.263 e. The highest BCUT2D eigenvalue weighted by Crippen LogP contribution is 2.36. The summed E-state index contributed by atoms with van der Waals surface area (Å²) in [6, 6.07) is 2.31. The molecule has 1 fully saturated rings. The molecule has 2 heterocycles. The Hall–Kier alpha value is -0.260. The van der Waals surface area contributed by atoms with Crippen LogP contribution >= 0.6 is 15.9 Å². The van der Waals surface area contributed by atoms with Gasteiger partial charge in [-0.1, -0.05) is 0 Å². The van der Waals surface area contributed by atoms with Crippen molar-refractivity contribution in [2.45, 2.75) is 44.4 Å². The summed E-state index contributed by atoms with van der Waals surface area (Å²) >= 11 is 3.45. The third-order valence-corrected chi connectivity index (χ3v) is 5.40. The zero-order chi connectivity index (χ0) is 13.3. The second-order valence-corrected chi connectivity index (χ2v) is 8.70. The molecule has 18 heavy (non-hydrogen) atoms. The van der Waals surface area contributed by atoms with E-state index in [1.807, 2.05) is 27.0 Å². The van der Waals surface area contributed by atoms with Gasteiger partial charge in [0.05, 0.1) is 4.75 Å². The molecule has 1 aliphatic heterocycles. The van der Waals surface area contributed by atoms with Crippen molar-refractivity contribution < 1.29 is 4.21 Å². The lowest BCUT2D eigenvalue weighted by molar-refractivity contribution is 0.415. The van der Waals surface area contributed by atoms with Gasteiger partial charge in [-0.3, -0.25) is 4.98 Å². The first kappa shape index (κ1) is 14.2. The van der Waals surface area contributed by atoms with E-state index in [2.05, 4.69) is 31.3 Å². The molecule has 3 nitrogen and oxygen atoms in total. The minimum atomic E-state index is -0.960. The SMILES string of the molecule is CC(C)(C)[S@](=O)N1CCC[C@H]1c1cncc(Br)c1. The molecule has 0 spiro atoms. The molecule has 1 aliphatic rings. The summed E-state index contributed by atoms with van der Waals surface area (Å²) in [5.41, 5.74) is 1.15. The summed E-state index contributed by atoms with van der Waals surface area (Å²) in [5, 5.41) is 0. The third-order valence-electron chi connectivity index (χ3n) is 3.05. The molecule has 100 valence electrons. The molecular formula is C13H19BrN2OS. The maximum absolute atomic E-state index is 12.5. The second kappa shape index (κ2) is 5.39. The van der Waals surface area contributed by atoms with Crippen molar-refractivity contribution in [1.29, 1.82) is 0 Å². The molecule has 0 N–H and O–H groups in total. The summed E-state index contributed by atoms with van der Waals surface area (Å²) in [5.74, 6) is 0. The van der Waals surface area contributed by atoms with Gasteiger partial charge in [0.25, 0.3) is 0 Å². The lowest BCUT2D eigenvalue weighted by Gasteiger charge is -2.30. The van der Waals surface area contributed by atoms with E-state index in [1.54, 1.807) is 6.20 Å². The third kappa shape index (κ3) is 3.00. The number of pyridine rings is 1. The standard InChI is InChI=1S/C13H19BrN2OS/c1-13(2,3)18(17)16-6-4-5-12(16)10-7-11(14)9-15-8-10/h7-9,12H,4-6H2,1-3H3/t12-,18-/m0/s1. The number of halogens is 1. The topological polar surface area (TPSA) is 33.2 Å². The molecule has 2 rings (SSSR count). The first-order chi connectivity index (χ1) is 8.39. The van der Waals surface area contributed by atoms with E-state index in [0.29, 0.717) is 0 Å². The Morgan fingerprint density at radius 2 is 2.17 bits per heavy atom. The zero-order valence-corrected chi connectivity index (χ0v) is 13.4. The highest BCUT2D eigenvalue weighted by atomic mass is 79.9. The molecular weight excluding hydrogens is 312 g/mol. The summed E-state index contributed by atoms with van der Waals surface area (Å²) in [4.78, 5) is 4.21. The molecule has 0 saturated carbocycles. The average Bonchev–Trinajstić information content (AvgIpc) is 2.75. The van der Waals surface area contributed by atoms with Crippen molar-refractivity contribution >= 4 is 26.9 Å². The molecule has 0 aromatic carbocycles. The predicted molar refractivity (Wildman–Crippen MR) is 78.5 cm³/mol. The summed E-state index contributed by atoms with van der Waals surface area (Å²) in [7, 11) is -0.960.